The Morgan fingerprint density at radius 2 is 1.47 bits per heavy atom. The highest BCUT2D eigenvalue weighted by atomic mass is 31.3. The van der Waals surface area contributed by atoms with E-state index in [9.17, 15) is 62.0 Å². The van der Waals surface area contributed by atoms with Crippen molar-refractivity contribution in [2.45, 2.75) is 50.5 Å². The summed E-state index contributed by atoms with van der Waals surface area (Å²) in [6.45, 7) is -1.15. The van der Waals surface area contributed by atoms with Crippen LogP contribution in [0.2, 0.25) is 0 Å². The molecule has 5 unspecified atom stereocenters. The SMILES string of the molecule is Nc1nc2c(ncn2[C@H]2C[C@H](O)[C@@H](COP(=O)(O)OP(=O)(O)OP(=O)(O)OP(=O)(O)OP(=O)(O)OCCCCCCNC(=O)C3C=CC=C3)O2)c(=O)[nH]1. The van der Waals surface area contributed by atoms with Gasteiger partial charge in [0.1, 0.15) is 12.3 Å². The number of carbonyl (C=O) groups is 1. The Kier molecular flexibility index (Phi) is 14.5. The highest BCUT2D eigenvalue weighted by Crippen LogP contribution is 2.73. The maximum Gasteiger partial charge on any atom is 0.490 e. The summed E-state index contributed by atoms with van der Waals surface area (Å²) in [5.74, 6) is -0.755. The monoisotopic (exact) mass is 858 g/mol. The molecule has 31 heteroatoms. The van der Waals surface area contributed by atoms with Gasteiger partial charge in [0.15, 0.2) is 11.2 Å². The second-order valence-electron chi connectivity index (χ2n) is 11.0. The van der Waals surface area contributed by atoms with Crippen molar-refractivity contribution in [3.8, 4) is 0 Å². The van der Waals surface area contributed by atoms with Crippen molar-refractivity contribution in [3.63, 3.8) is 0 Å². The molecule has 1 amide bonds. The molecule has 0 radical (unpaired) electrons. The number of hydrogen-bond donors (Lipinski definition) is 9. The zero-order valence-electron chi connectivity index (χ0n) is 26.9. The number of aliphatic hydroxyl groups is 1. The zero-order valence-corrected chi connectivity index (χ0v) is 31.4. The molecule has 26 nitrogen and oxygen atoms in total. The van der Waals surface area contributed by atoms with Gasteiger partial charge in [0.05, 0.1) is 31.6 Å². The summed E-state index contributed by atoms with van der Waals surface area (Å²) in [6.07, 6.45) is 5.66. The molecule has 2 aromatic rings. The van der Waals surface area contributed by atoms with Crippen LogP contribution in [-0.4, -0.2) is 87.0 Å². The number of rotatable bonds is 21. The molecule has 0 bridgehead atoms. The van der Waals surface area contributed by atoms with Crippen molar-refractivity contribution in [3.05, 3.63) is 41.0 Å². The third-order valence-corrected chi connectivity index (χ3v) is 14.5. The molecule has 0 saturated carbocycles. The summed E-state index contributed by atoms with van der Waals surface area (Å²) in [4.78, 5) is 82.7. The molecule has 1 fully saturated rings. The number of ether oxygens (including phenoxy) is 1. The molecular formula is C22H35N6O20P5. The summed E-state index contributed by atoms with van der Waals surface area (Å²) >= 11 is 0. The van der Waals surface area contributed by atoms with E-state index in [0.29, 0.717) is 25.8 Å². The number of nitrogens with one attached hydrogen (secondary N) is 2. The number of phosphoric ester groups is 2. The quantitative estimate of drug-likeness (QED) is 0.0632. The Labute approximate surface area is 298 Å². The number of nitrogens with zero attached hydrogens (tertiary/aromatic N) is 3. The van der Waals surface area contributed by atoms with Crippen LogP contribution in [0.1, 0.15) is 38.3 Å². The molecule has 53 heavy (non-hydrogen) atoms. The number of unbranched alkanes of at least 4 members (excludes halogenated alkanes) is 3. The summed E-state index contributed by atoms with van der Waals surface area (Å²) in [5.41, 5.74) is 4.72. The van der Waals surface area contributed by atoms with E-state index in [0.717, 1.165) is 6.33 Å². The Balaban J connectivity index is 1.18. The second kappa shape index (κ2) is 17.7. The van der Waals surface area contributed by atoms with Crippen molar-refractivity contribution >= 4 is 62.1 Å². The van der Waals surface area contributed by atoms with Gasteiger partial charge in [-0.25, -0.2) is 27.8 Å². The summed E-state index contributed by atoms with van der Waals surface area (Å²) in [6, 6.07) is 0. The number of amides is 1. The molecule has 3 heterocycles. The minimum Gasteiger partial charge on any atom is -0.390 e. The fraction of sp³-hybridized carbons (Fsp3) is 0.545. The highest BCUT2D eigenvalue weighted by molar-refractivity contribution is 7.71. The third kappa shape index (κ3) is 13.5. The van der Waals surface area contributed by atoms with E-state index in [-0.39, 0.29) is 41.8 Å². The standard InChI is InChI=1S/C22H35N6O20P5/c23-22-26-19-18(21(31)27-22)25-13-28(19)17-11-15(29)16(44-17)12-43-50(34,35)46-52(38,39)48-53(40,41)47-51(36,37)45-49(32,33)42-10-6-2-1-5-9-24-20(30)14-7-3-4-8-14/h3-4,7-8,13-17,29H,1-2,5-6,9-12H2,(H,24,30)(H,32,33)(H,34,35)(H,36,37)(H,38,39)(H,40,41)(H3,23,26,27,31)/t15-,16+,17+/m0/s1. The molecule has 298 valence electrons. The number of carbonyl (C=O) groups excluding carboxylic acids is 1. The summed E-state index contributed by atoms with van der Waals surface area (Å²) in [7, 11) is -29.8. The molecule has 2 aromatic heterocycles. The van der Waals surface area contributed by atoms with Crippen LogP contribution >= 0.6 is 39.1 Å². The number of hydrogen-bond acceptors (Lipinski definition) is 18. The van der Waals surface area contributed by atoms with E-state index in [1.54, 1.807) is 24.3 Å². The molecule has 2 aliphatic rings. The van der Waals surface area contributed by atoms with Gasteiger partial charge in [0.2, 0.25) is 11.9 Å². The van der Waals surface area contributed by atoms with E-state index >= 15 is 0 Å². The number of nitrogen functional groups attached to an aromatic ring is 1. The predicted octanol–water partition coefficient (Wildman–Crippen LogP) is 1.37. The van der Waals surface area contributed by atoms with E-state index in [1.807, 2.05) is 0 Å². The summed E-state index contributed by atoms with van der Waals surface area (Å²) in [5, 5.41) is 13.1. The minimum atomic E-state index is -6.28. The molecule has 1 aliphatic carbocycles. The number of phosphoric acid groups is 5. The fourth-order valence-electron chi connectivity index (χ4n) is 4.67. The van der Waals surface area contributed by atoms with Gasteiger partial charge in [-0.2, -0.15) is 22.2 Å². The topological polar surface area (TPSA) is 390 Å². The zero-order chi connectivity index (χ0) is 39.2. The molecule has 1 aliphatic heterocycles. The van der Waals surface area contributed by atoms with Gasteiger partial charge in [-0.3, -0.25) is 28.2 Å². The van der Waals surface area contributed by atoms with Crippen LogP contribution in [-0.2, 0) is 58.6 Å². The van der Waals surface area contributed by atoms with Crippen LogP contribution in [0.15, 0.2) is 35.4 Å². The first-order chi connectivity index (χ1) is 24.6. The van der Waals surface area contributed by atoms with Gasteiger partial charge in [0, 0.05) is 13.0 Å². The number of imidazole rings is 1. The van der Waals surface area contributed by atoms with Crippen molar-refractivity contribution in [1.29, 1.82) is 0 Å². The summed E-state index contributed by atoms with van der Waals surface area (Å²) < 4.78 is 91.8. The number of aliphatic hydroxyl groups excluding tert-OH is 1. The van der Waals surface area contributed by atoms with Gasteiger partial charge in [-0.05, 0) is 12.8 Å². The van der Waals surface area contributed by atoms with E-state index in [1.165, 1.54) is 4.57 Å². The molecule has 10 N–H and O–H groups in total. The molecule has 0 aromatic carbocycles. The van der Waals surface area contributed by atoms with E-state index in [4.69, 9.17) is 10.5 Å². The number of anilines is 1. The van der Waals surface area contributed by atoms with Crippen LogP contribution in [0, 0.1) is 5.92 Å². The van der Waals surface area contributed by atoms with Crippen LogP contribution in [0.4, 0.5) is 5.95 Å². The van der Waals surface area contributed by atoms with E-state index < -0.39 is 76.3 Å². The smallest absolute Gasteiger partial charge is 0.390 e. The van der Waals surface area contributed by atoms with Crippen LogP contribution in [0.25, 0.3) is 11.2 Å². The van der Waals surface area contributed by atoms with Gasteiger partial charge >= 0.3 is 39.1 Å². The lowest BCUT2D eigenvalue weighted by Gasteiger charge is -2.21. The fourth-order valence-corrected chi connectivity index (χ4v) is 11.1. The Morgan fingerprint density at radius 3 is 2.09 bits per heavy atom. The van der Waals surface area contributed by atoms with Gasteiger partial charge in [-0.15, -0.1) is 0 Å². The Morgan fingerprint density at radius 1 is 0.906 bits per heavy atom. The largest absolute Gasteiger partial charge is 0.490 e. The Hall–Kier alpha value is -2.27. The maximum atomic E-state index is 12.3. The Bertz CT molecular complexity index is 1990. The van der Waals surface area contributed by atoms with Crippen molar-refractivity contribution in [2.75, 3.05) is 25.5 Å². The maximum absolute atomic E-state index is 12.3. The van der Waals surface area contributed by atoms with Crippen LogP contribution in [0.5, 0.6) is 0 Å². The first kappa shape index (κ1) is 43.5. The van der Waals surface area contributed by atoms with Crippen molar-refractivity contribution in [2.24, 2.45) is 5.92 Å². The van der Waals surface area contributed by atoms with Gasteiger partial charge < -0.3 is 45.4 Å². The highest BCUT2D eigenvalue weighted by Gasteiger charge is 2.48. The number of H-pyrrole nitrogens is 1. The molecular weight excluding hydrogens is 823 g/mol. The average Bonchev–Trinajstić information content (AvgIpc) is 3.75. The third-order valence-electron chi connectivity index (χ3n) is 6.87. The van der Waals surface area contributed by atoms with Crippen molar-refractivity contribution in [1.82, 2.24) is 24.8 Å². The molecule has 4 rings (SSSR count). The number of fused-ring (bicyclic) bond motifs is 1. The lowest BCUT2D eigenvalue weighted by Crippen LogP contribution is -2.29. The number of aromatic amines is 1. The molecule has 1 saturated heterocycles. The second-order valence-corrected chi connectivity index (χ2v) is 18.8. The van der Waals surface area contributed by atoms with Crippen molar-refractivity contribution < 1.29 is 88.2 Å². The first-order valence-electron chi connectivity index (χ1n) is 15.0. The first-order valence-corrected chi connectivity index (χ1v) is 22.5. The number of allylic oxidation sites excluding steroid dienone is 2. The van der Waals surface area contributed by atoms with Gasteiger partial charge in [-0.1, -0.05) is 37.1 Å². The lowest BCUT2D eigenvalue weighted by molar-refractivity contribution is -0.122. The van der Waals surface area contributed by atoms with Crippen LogP contribution < -0.4 is 16.6 Å². The van der Waals surface area contributed by atoms with E-state index in [2.05, 4.69) is 46.6 Å². The average molecular weight is 858 g/mol. The molecule has 0 spiro atoms. The normalized spacial score (nSPS) is 24.7. The van der Waals surface area contributed by atoms with Crippen LogP contribution in [0.3, 0.4) is 0 Å². The molecule has 8 atom stereocenters. The van der Waals surface area contributed by atoms with Gasteiger partial charge in [0.25, 0.3) is 5.56 Å². The number of nitrogens with two attached hydrogens (primary N) is 1. The predicted molar refractivity (Wildman–Crippen MR) is 176 cm³/mol. The minimum absolute atomic E-state index is 0.0284. The number of aromatic nitrogens is 4. The lowest BCUT2D eigenvalue weighted by atomic mass is 10.1.